The summed E-state index contributed by atoms with van der Waals surface area (Å²) < 4.78 is 41.6. The van der Waals surface area contributed by atoms with Crippen LogP contribution in [0.4, 0.5) is 18.9 Å². The fourth-order valence-electron chi connectivity index (χ4n) is 3.41. The molecule has 0 saturated carbocycles. The molecule has 0 fully saturated rings. The normalized spacial score (nSPS) is 11.6. The van der Waals surface area contributed by atoms with Crippen molar-refractivity contribution in [3.63, 3.8) is 0 Å². The van der Waals surface area contributed by atoms with E-state index >= 15 is 0 Å². The average molecular weight is 475 g/mol. The molecule has 1 N–H and O–H groups in total. The average Bonchev–Trinajstić information content (AvgIpc) is 3.11. The number of hydrogen-bond acceptors (Lipinski definition) is 2. The maximum Gasteiger partial charge on any atom is 0.418 e. The molecule has 3 nitrogen and oxygen atoms in total. The summed E-state index contributed by atoms with van der Waals surface area (Å²) in [4.78, 5) is 13.3. The molecule has 8 heteroatoms. The van der Waals surface area contributed by atoms with Crippen LogP contribution in [0.2, 0.25) is 5.02 Å². The Morgan fingerprint density at radius 2 is 1.66 bits per heavy atom. The fourth-order valence-corrected chi connectivity index (χ4v) is 4.43. The number of fused-ring (bicyclic) bond motifs is 1. The van der Waals surface area contributed by atoms with Crippen molar-refractivity contribution in [1.29, 1.82) is 0 Å². The lowest BCUT2D eigenvalue weighted by molar-refractivity contribution is -0.137. The second-order valence-corrected chi connectivity index (χ2v) is 8.60. The molecule has 0 aliphatic rings. The molecule has 4 aromatic rings. The molecule has 1 aromatic heterocycles. The first kappa shape index (κ1) is 22.3. The number of alkyl halides is 3. The van der Waals surface area contributed by atoms with Crippen molar-refractivity contribution in [3.8, 4) is 0 Å². The molecule has 0 aliphatic heterocycles. The van der Waals surface area contributed by atoms with Gasteiger partial charge in [-0.15, -0.1) is 11.8 Å². The van der Waals surface area contributed by atoms with Crippen LogP contribution in [0, 0.1) is 0 Å². The van der Waals surface area contributed by atoms with E-state index < -0.39 is 17.6 Å². The number of halogens is 4. The zero-order valence-electron chi connectivity index (χ0n) is 16.7. The van der Waals surface area contributed by atoms with E-state index in [1.54, 1.807) is 0 Å². The van der Waals surface area contributed by atoms with Crippen molar-refractivity contribution in [1.82, 2.24) is 4.57 Å². The van der Waals surface area contributed by atoms with E-state index in [-0.39, 0.29) is 11.4 Å². The number of nitrogens with one attached hydrogen (secondary N) is 1. The molecule has 0 saturated heterocycles. The quantitative estimate of drug-likeness (QED) is 0.302. The van der Waals surface area contributed by atoms with E-state index in [4.69, 9.17) is 11.6 Å². The molecule has 32 heavy (non-hydrogen) atoms. The van der Waals surface area contributed by atoms with Gasteiger partial charge in [-0.25, -0.2) is 0 Å². The topological polar surface area (TPSA) is 34.0 Å². The zero-order chi connectivity index (χ0) is 22.7. The van der Waals surface area contributed by atoms with E-state index in [2.05, 4.69) is 9.88 Å². The van der Waals surface area contributed by atoms with Gasteiger partial charge in [0, 0.05) is 33.6 Å². The molecule has 0 aliphatic carbocycles. The Morgan fingerprint density at radius 3 is 2.41 bits per heavy atom. The molecular formula is C24H18ClF3N2OS. The fraction of sp³-hybridized carbons (Fsp3) is 0.125. The van der Waals surface area contributed by atoms with E-state index in [1.807, 2.05) is 54.7 Å². The summed E-state index contributed by atoms with van der Waals surface area (Å²) in [5.41, 5.74) is 0.981. The van der Waals surface area contributed by atoms with Crippen molar-refractivity contribution in [2.24, 2.45) is 0 Å². The summed E-state index contributed by atoms with van der Waals surface area (Å²) in [6.07, 6.45) is -2.58. The van der Waals surface area contributed by atoms with E-state index in [9.17, 15) is 18.0 Å². The number of anilines is 1. The van der Waals surface area contributed by atoms with Gasteiger partial charge in [0.1, 0.15) is 0 Å². The number of hydrogen-bond donors (Lipinski definition) is 1. The van der Waals surface area contributed by atoms with Gasteiger partial charge in [0.15, 0.2) is 0 Å². The van der Waals surface area contributed by atoms with Gasteiger partial charge in [-0.3, -0.25) is 4.79 Å². The van der Waals surface area contributed by atoms with Crippen LogP contribution in [-0.4, -0.2) is 16.2 Å². The molecule has 0 atom stereocenters. The summed E-state index contributed by atoms with van der Waals surface area (Å²) in [7, 11) is 0. The first-order valence-corrected chi connectivity index (χ1v) is 11.1. The second kappa shape index (κ2) is 9.30. The van der Waals surface area contributed by atoms with E-state index in [1.165, 1.54) is 30.0 Å². The van der Waals surface area contributed by atoms with Gasteiger partial charge in [0.25, 0.3) is 0 Å². The number of thioether (sulfide) groups is 1. The highest BCUT2D eigenvalue weighted by Gasteiger charge is 2.33. The lowest BCUT2D eigenvalue weighted by atomic mass is 10.1. The summed E-state index contributed by atoms with van der Waals surface area (Å²) in [5.74, 6) is -0.512. The number of carbonyl (C=O) groups is 1. The van der Waals surface area contributed by atoms with Crippen molar-refractivity contribution >= 4 is 45.9 Å². The van der Waals surface area contributed by atoms with Gasteiger partial charge in [0.2, 0.25) is 5.91 Å². The Balaban J connectivity index is 1.50. The third-order valence-corrected chi connectivity index (χ3v) is 6.18. The molecule has 0 spiro atoms. The Kier molecular flexibility index (Phi) is 6.48. The molecule has 0 bridgehead atoms. The first-order valence-electron chi connectivity index (χ1n) is 9.72. The number of amides is 1. The molecule has 164 valence electrons. The predicted molar refractivity (Wildman–Crippen MR) is 123 cm³/mol. The Hall–Kier alpha value is -2.90. The van der Waals surface area contributed by atoms with Gasteiger partial charge in [0.05, 0.1) is 17.0 Å². The van der Waals surface area contributed by atoms with E-state index in [0.717, 1.165) is 27.4 Å². The maximum absolute atomic E-state index is 13.2. The minimum atomic E-state index is -4.54. The lowest BCUT2D eigenvalue weighted by Crippen LogP contribution is -2.18. The summed E-state index contributed by atoms with van der Waals surface area (Å²) in [5, 5.41) is 4.04. The Bertz CT molecular complexity index is 1250. The minimum absolute atomic E-state index is 0.0128. The molecule has 1 heterocycles. The van der Waals surface area contributed by atoms with Gasteiger partial charge >= 0.3 is 6.18 Å². The highest BCUT2D eigenvalue weighted by Crippen LogP contribution is 2.35. The summed E-state index contributed by atoms with van der Waals surface area (Å²) >= 11 is 7.26. The molecular weight excluding hydrogens is 457 g/mol. The number of aromatic nitrogens is 1. The zero-order valence-corrected chi connectivity index (χ0v) is 18.3. The summed E-state index contributed by atoms with van der Waals surface area (Å²) in [6, 6.07) is 20.4. The molecule has 3 aromatic carbocycles. The van der Waals surface area contributed by atoms with Crippen LogP contribution >= 0.6 is 23.4 Å². The Labute approximate surface area is 192 Å². The smallest absolute Gasteiger partial charge is 0.342 e. The van der Waals surface area contributed by atoms with Crippen LogP contribution in [0.15, 0.2) is 83.9 Å². The molecule has 1 amide bonds. The monoisotopic (exact) mass is 474 g/mol. The van der Waals surface area contributed by atoms with Crippen LogP contribution in [0.5, 0.6) is 0 Å². The van der Waals surface area contributed by atoms with Crippen LogP contribution in [0.1, 0.15) is 11.1 Å². The van der Waals surface area contributed by atoms with Crippen molar-refractivity contribution in [3.05, 3.63) is 95.1 Å². The van der Waals surface area contributed by atoms with Crippen LogP contribution in [0.25, 0.3) is 10.9 Å². The molecule has 4 rings (SSSR count). The van der Waals surface area contributed by atoms with Gasteiger partial charge in [-0.1, -0.05) is 54.1 Å². The minimum Gasteiger partial charge on any atom is -0.342 e. The van der Waals surface area contributed by atoms with Gasteiger partial charge in [-0.2, -0.15) is 13.2 Å². The maximum atomic E-state index is 13.2. The largest absolute Gasteiger partial charge is 0.418 e. The molecule has 0 radical (unpaired) electrons. The van der Waals surface area contributed by atoms with E-state index in [0.29, 0.717) is 11.6 Å². The number of carbonyl (C=O) groups excluding carboxylic acids is 1. The van der Waals surface area contributed by atoms with Gasteiger partial charge in [-0.05, 0) is 35.9 Å². The van der Waals surface area contributed by atoms with Crippen LogP contribution in [0.3, 0.4) is 0 Å². The standard InChI is InChI=1S/C24H18ClF3N2OS/c25-17-11-9-16(10-12-17)13-30-14-22(18-5-1-4-8-21(18)30)32-15-23(31)29-20-7-3-2-6-19(20)24(26,27)28/h1-12,14H,13,15H2,(H,29,31). The predicted octanol–water partition coefficient (Wildman–Crippen LogP) is 7.09. The van der Waals surface area contributed by atoms with Crippen LogP contribution < -0.4 is 5.32 Å². The third-order valence-electron chi connectivity index (χ3n) is 4.88. The number of nitrogens with zero attached hydrogens (tertiary/aromatic N) is 1. The van der Waals surface area contributed by atoms with Crippen molar-refractivity contribution in [2.45, 2.75) is 17.6 Å². The highest BCUT2D eigenvalue weighted by molar-refractivity contribution is 8.00. The van der Waals surface area contributed by atoms with Crippen LogP contribution in [-0.2, 0) is 17.5 Å². The SMILES string of the molecule is O=C(CSc1cn(Cc2ccc(Cl)cc2)c2ccccc12)Nc1ccccc1C(F)(F)F. The number of benzene rings is 3. The summed E-state index contributed by atoms with van der Waals surface area (Å²) in [6.45, 7) is 0.628. The third kappa shape index (κ3) is 5.11. The lowest BCUT2D eigenvalue weighted by Gasteiger charge is -2.13. The highest BCUT2D eigenvalue weighted by atomic mass is 35.5. The first-order chi connectivity index (χ1) is 15.3. The number of para-hydroxylation sites is 2. The Morgan fingerprint density at radius 1 is 0.969 bits per heavy atom. The molecule has 0 unspecified atom stereocenters. The second-order valence-electron chi connectivity index (χ2n) is 7.15. The van der Waals surface area contributed by atoms with Gasteiger partial charge < -0.3 is 9.88 Å². The van der Waals surface area contributed by atoms with Crippen molar-refractivity contribution < 1.29 is 18.0 Å². The number of rotatable bonds is 6. The van der Waals surface area contributed by atoms with Crippen molar-refractivity contribution in [2.75, 3.05) is 11.1 Å².